The van der Waals surface area contributed by atoms with Crippen LogP contribution in [0.3, 0.4) is 0 Å². The third-order valence-electron chi connectivity index (χ3n) is 1.77. The molecule has 0 amide bonds. The van der Waals surface area contributed by atoms with Gasteiger partial charge >= 0.3 is 11.7 Å². The van der Waals surface area contributed by atoms with E-state index in [2.05, 4.69) is 4.74 Å². The van der Waals surface area contributed by atoms with Crippen LogP contribution in [-0.4, -0.2) is 24.6 Å². The Bertz CT molecular complexity index is 465. The number of rotatable bonds is 4. The number of carbonyl (C=O) groups excluding carboxylic acids is 1. The largest absolute Gasteiger partial charge is 0.475 e. The molecule has 0 fully saturated rings. The number of carbonyl (C=O) groups is 1. The fourth-order valence-corrected chi connectivity index (χ4v) is 1.13. The van der Waals surface area contributed by atoms with Crippen LogP contribution in [0.25, 0.3) is 0 Å². The van der Waals surface area contributed by atoms with Crippen LogP contribution in [0.4, 0.5) is 10.1 Å². The van der Waals surface area contributed by atoms with Gasteiger partial charge in [0.2, 0.25) is 5.75 Å². The van der Waals surface area contributed by atoms with Crippen LogP contribution in [0.2, 0.25) is 5.02 Å². The average molecular weight is 264 g/mol. The van der Waals surface area contributed by atoms with Crippen molar-refractivity contribution in [2.45, 2.75) is 0 Å². The molecule has 0 radical (unpaired) electrons. The maximum atomic E-state index is 13.1. The molecule has 0 saturated carbocycles. The molecule has 0 unspecified atom stereocenters. The van der Waals surface area contributed by atoms with E-state index in [1.54, 1.807) is 0 Å². The van der Waals surface area contributed by atoms with Gasteiger partial charge in [0.25, 0.3) is 0 Å². The first-order chi connectivity index (χ1) is 7.95. The fourth-order valence-electron chi connectivity index (χ4n) is 0.972. The Morgan fingerprint density at radius 2 is 2.24 bits per heavy atom. The molecule has 17 heavy (non-hydrogen) atoms. The molecule has 0 aliphatic carbocycles. The Morgan fingerprint density at radius 3 is 2.76 bits per heavy atom. The Labute approximate surface area is 100 Å². The van der Waals surface area contributed by atoms with Crippen LogP contribution < -0.4 is 4.74 Å². The zero-order valence-electron chi connectivity index (χ0n) is 8.61. The molecular weight excluding hydrogens is 257 g/mol. The van der Waals surface area contributed by atoms with Crippen molar-refractivity contribution < 1.29 is 23.6 Å². The number of hydrogen-bond donors (Lipinski definition) is 0. The van der Waals surface area contributed by atoms with Gasteiger partial charge in [-0.1, -0.05) is 11.6 Å². The number of ether oxygens (including phenoxy) is 2. The molecule has 1 rings (SSSR count). The molecule has 8 heteroatoms. The molecule has 1 aromatic carbocycles. The molecule has 1 aromatic rings. The number of methoxy groups -OCH3 is 1. The molecule has 0 N–H and O–H groups in total. The van der Waals surface area contributed by atoms with Crippen LogP contribution in [0.1, 0.15) is 0 Å². The summed E-state index contributed by atoms with van der Waals surface area (Å²) in [4.78, 5) is 20.6. The van der Waals surface area contributed by atoms with Gasteiger partial charge in [0.1, 0.15) is 5.82 Å². The summed E-state index contributed by atoms with van der Waals surface area (Å²) in [6, 6.07) is 1.55. The molecular formula is C9H7ClFNO5. The molecule has 0 aromatic heterocycles. The summed E-state index contributed by atoms with van der Waals surface area (Å²) in [6.07, 6.45) is 0. The van der Waals surface area contributed by atoms with Gasteiger partial charge in [-0.05, 0) is 0 Å². The lowest BCUT2D eigenvalue weighted by Gasteiger charge is -2.06. The van der Waals surface area contributed by atoms with Gasteiger partial charge in [0, 0.05) is 12.1 Å². The lowest BCUT2D eigenvalue weighted by atomic mass is 10.3. The summed E-state index contributed by atoms with van der Waals surface area (Å²) >= 11 is 5.39. The zero-order chi connectivity index (χ0) is 13.0. The van der Waals surface area contributed by atoms with Crippen molar-refractivity contribution in [1.82, 2.24) is 0 Å². The molecule has 0 heterocycles. The normalized spacial score (nSPS) is 9.82. The minimum atomic E-state index is -0.878. The molecule has 92 valence electrons. The van der Waals surface area contributed by atoms with Crippen LogP contribution in [0.5, 0.6) is 5.75 Å². The first kappa shape index (κ1) is 13.2. The number of hydrogen-bond acceptors (Lipinski definition) is 5. The Morgan fingerprint density at radius 1 is 1.59 bits per heavy atom. The molecule has 0 atom stereocenters. The van der Waals surface area contributed by atoms with Crippen molar-refractivity contribution in [3.8, 4) is 5.75 Å². The summed E-state index contributed by atoms with van der Waals surface area (Å²) in [6.45, 7) is -0.557. The number of halogens is 2. The van der Waals surface area contributed by atoms with Gasteiger partial charge in [-0.3, -0.25) is 10.1 Å². The van der Waals surface area contributed by atoms with Crippen molar-refractivity contribution >= 4 is 23.3 Å². The summed E-state index contributed by atoms with van der Waals surface area (Å²) in [5.74, 6) is -2.01. The van der Waals surface area contributed by atoms with Crippen LogP contribution in [0.15, 0.2) is 12.1 Å². The van der Waals surface area contributed by atoms with Gasteiger partial charge in [-0.25, -0.2) is 9.18 Å². The predicted octanol–water partition coefficient (Wildman–Crippen LogP) is 1.94. The van der Waals surface area contributed by atoms with E-state index < -0.39 is 34.0 Å². The minimum absolute atomic E-state index is 0.387. The molecule has 0 aliphatic heterocycles. The van der Waals surface area contributed by atoms with E-state index in [1.807, 2.05) is 0 Å². The first-order valence-electron chi connectivity index (χ1n) is 4.28. The second-order valence-corrected chi connectivity index (χ2v) is 3.26. The van der Waals surface area contributed by atoms with E-state index in [9.17, 15) is 19.3 Å². The quantitative estimate of drug-likeness (QED) is 0.471. The molecule has 0 aliphatic rings. The maximum Gasteiger partial charge on any atom is 0.343 e. The van der Waals surface area contributed by atoms with E-state index in [-0.39, 0.29) is 5.75 Å². The van der Waals surface area contributed by atoms with Crippen LogP contribution >= 0.6 is 11.6 Å². The van der Waals surface area contributed by atoms with Crippen molar-refractivity contribution in [3.63, 3.8) is 0 Å². The van der Waals surface area contributed by atoms with E-state index in [0.29, 0.717) is 0 Å². The van der Waals surface area contributed by atoms with Gasteiger partial charge in [0.05, 0.1) is 17.1 Å². The summed E-state index contributed by atoms with van der Waals surface area (Å²) < 4.78 is 22.1. The Hall–Kier alpha value is -1.89. The molecule has 0 saturated heterocycles. The van der Waals surface area contributed by atoms with Gasteiger partial charge in [-0.15, -0.1) is 0 Å². The number of nitrogens with zero attached hydrogens (tertiary/aromatic N) is 1. The third-order valence-corrected chi connectivity index (χ3v) is 2.06. The van der Waals surface area contributed by atoms with Crippen molar-refractivity contribution in [3.05, 3.63) is 33.1 Å². The first-order valence-corrected chi connectivity index (χ1v) is 4.66. The van der Waals surface area contributed by atoms with Crippen LogP contribution in [0, 0.1) is 15.9 Å². The highest BCUT2D eigenvalue weighted by molar-refractivity contribution is 6.31. The third kappa shape index (κ3) is 3.28. The smallest absolute Gasteiger partial charge is 0.343 e. The van der Waals surface area contributed by atoms with Gasteiger partial charge in [0.15, 0.2) is 6.61 Å². The second kappa shape index (κ2) is 5.44. The van der Waals surface area contributed by atoms with Crippen molar-refractivity contribution in [2.75, 3.05) is 13.7 Å². The molecule has 0 spiro atoms. The summed E-state index contributed by atoms with van der Waals surface area (Å²) in [5, 5.41) is 10.2. The number of nitro benzene ring substituents is 1. The van der Waals surface area contributed by atoms with E-state index in [0.717, 1.165) is 19.2 Å². The van der Waals surface area contributed by atoms with Crippen molar-refractivity contribution in [2.24, 2.45) is 0 Å². The number of esters is 1. The van der Waals surface area contributed by atoms with E-state index >= 15 is 0 Å². The van der Waals surface area contributed by atoms with E-state index in [1.165, 1.54) is 0 Å². The fraction of sp³-hybridized carbons (Fsp3) is 0.222. The second-order valence-electron chi connectivity index (χ2n) is 2.86. The maximum absolute atomic E-state index is 13.1. The summed E-state index contributed by atoms with van der Waals surface area (Å²) in [5.41, 5.74) is -0.527. The SMILES string of the molecule is COC(=O)COc1cc(F)c(Cl)cc1[N+](=O)[O-]. The number of nitro groups is 1. The number of benzene rings is 1. The summed E-state index contributed by atoms with van der Waals surface area (Å²) in [7, 11) is 1.13. The Kier molecular flexibility index (Phi) is 4.22. The predicted molar refractivity (Wildman–Crippen MR) is 55.6 cm³/mol. The van der Waals surface area contributed by atoms with E-state index in [4.69, 9.17) is 16.3 Å². The topological polar surface area (TPSA) is 78.7 Å². The lowest BCUT2D eigenvalue weighted by Crippen LogP contribution is -2.13. The minimum Gasteiger partial charge on any atom is -0.475 e. The molecule has 0 bridgehead atoms. The molecule has 6 nitrogen and oxygen atoms in total. The average Bonchev–Trinajstić information content (AvgIpc) is 2.29. The van der Waals surface area contributed by atoms with Gasteiger partial charge < -0.3 is 9.47 Å². The van der Waals surface area contributed by atoms with Crippen molar-refractivity contribution in [1.29, 1.82) is 0 Å². The highest BCUT2D eigenvalue weighted by Gasteiger charge is 2.20. The highest BCUT2D eigenvalue weighted by atomic mass is 35.5. The Balaban J connectivity index is 3.00. The standard InChI is InChI=1S/C9H7ClFNO5/c1-16-9(13)4-17-8-3-6(11)5(10)2-7(8)12(14)15/h2-3H,4H2,1H3. The monoisotopic (exact) mass is 263 g/mol. The lowest BCUT2D eigenvalue weighted by molar-refractivity contribution is -0.385. The highest BCUT2D eigenvalue weighted by Crippen LogP contribution is 2.32. The van der Waals surface area contributed by atoms with Crippen LogP contribution in [-0.2, 0) is 9.53 Å². The van der Waals surface area contributed by atoms with Gasteiger partial charge in [-0.2, -0.15) is 0 Å². The zero-order valence-corrected chi connectivity index (χ0v) is 9.36.